The largest absolute Gasteiger partial charge is 0.395 e. The number of anilines is 2. The van der Waals surface area contributed by atoms with Crippen LogP contribution in [0.25, 0.3) is 16.7 Å². The van der Waals surface area contributed by atoms with Crippen LogP contribution in [0.4, 0.5) is 11.6 Å². The molecule has 9 nitrogen and oxygen atoms in total. The average molecular weight is 452 g/mol. The van der Waals surface area contributed by atoms with Crippen molar-refractivity contribution in [1.29, 1.82) is 0 Å². The van der Waals surface area contributed by atoms with Crippen molar-refractivity contribution in [1.82, 2.24) is 19.9 Å². The number of hydrogen-bond donors (Lipinski definition) is 3. The van der Waals surface area contributed by atoms with Crippen molar-refractivity contribution in [3.63, 3.8) is 0 Å². The van der Waals surface area contributed by atoms with Crippen LogP contribution in [0.15, 0.2) is 71.9 Å². The lowest BCUT2D eigenvalue weighted by atomic mass is 10.2. The van der Waals surface area contributed by atoms with E-state index in [-0.39, 0.29) is 24.0 Å². The lowest BCUT2D eigenvalue weighted by molar-refractivity contribution is 0.0945. The van der Waals surface area contributed by atoms with Crippen LogP contribution in [-0.4, -0.2) is 53.4 Å². The number of aromatic nitrogens is 3. The standard InChI is InChI=1S/C22H21N5O4S/c1-32(30,31)19-8-6-18(7-9-19)27-12-10-16-14-24-22(26-20(16)27)25-17-4-2-15(3-5-17)21(29)23-11-13-28/h2-10,12,14,28H,11,13H2,1H3,(H,23,29)(H,24,25,26). The van der Waals surface area contributed by atoms with E-state index >= 15 is 0 Å². The molecule has 10 heteroatoms. The number of nitrogens with zero attached hydrogens (tertiary/aromatic N) is 3. The predicted octanol–water partition coefficient (Wildman–Crippen LogP) is 2.29. The molecule has 164 valence electrons. The number of benzene rings is 2. The minimum Gasteiger partial charge on any atom is -0.395 e. The third-order valence-corrected chi connectivity index (χ3v) is 5.90. The van der Waals surface area contributed by atoms with Gasteiger partial charge in [-0.1, -0.05) is 0 Å². The van der Waals surface area contributed by atoms with E-state index in [4.69, 9.17) is 5.11 Å². The zero-order chi connectivity index (χ0) is 22.7. The van der Waals surface area contributed by atoms with Crippen molar-refractivity contribution >= 4 is 38.4 Å². The number of nitrogens with one attached hydrogen (secondary N) is 2. The molecule has 0 aliphatic rings. The van der Waals surface area contributed by atoms with E-state index in [0.717, 1.165) is 11.1 Å². The normalized spacial score (nSPS) is 11.4. The number of rotatable bonds is 7. The van der Waals surface area contributed by atoms with Gasteiger partial charge in [-0.25, -0.2) is 13.4 Å². The highest BCUT2D eigenvalue weighted by Crippen LogP contribution is 2.22. The number of carbonyl (C=O) groups excluding carboxylic acids is 1. The number of amides is 1. The van der Waals surface area contributed by atoms with Crippen LogP contribution in [0.3, 0.4) is 0 Å². The third kappa shape index (κ3) is 4.61. The van der Waals surface area contributed by atoms with Crippen LogP contribution in [0.1, 0.15) is 10.4 Å². The Bertz CT molecular complexity index is 1360. The van der Waals surface area contributed by atoms with E-state index in [0.29, 0.717) is 22.8 Å². The maximum Gasteiger partial charge on any atom is 0.251 e. The Labute approximate surface area is 184 Å². The molecule has 0 bridgehead atoms. The molecule has 2 aromatic heterocycles. The molecular weight excluding hydrogens is 430 g/mol. The first-order chi connectivity index (χ1) is 15.3. The lowest BCUT2D eigenvalue weighted by Crippen LogP contribution is -2.26. The molecule has 3 N–H and O–H groups in total. The summed E-state index contributed by atoms with van der Waals surface area (Å²) in [6.07, 6.45) is 4.72. The van der Waals surface area contributed by atoms with Crippen LogP contribution in [0.2, 0.25) is 0 Å². The SMILES string of the molecule is CS(=O)(=O)c1ccc(-n2ccc3cnc(Nc4ccc(C(=O)NCCO)cc4)nc32)cc1. The molecule has 32 heavy (non-hydrogen) atoms. The second-order valence-electron chi connectivity index (χ2n) is 7.11. The summed E-state index contributed by atoms with van der Waals surface area (Å²) < 4.78 is 25.2. The Balaban J connectivity index is 1.57. The van der Waals surface area contributed by atoms with Crippen molar-refractivity contribution < 1.29 is 18.3 Å². The monoisotopic (exact) mass is 451 g/mol. The van der Waals surface area contributed by atoms with Gasteiger partial charge in [0.15, 0.2) is 9.84 Å². The maximum atomic E-state index is 11.9. The van der Waals surface area contributed by atoms with E-state index < -0.39 is 9.84 Å². The predicted molar refractivity (Wildman–Crippen MR) is 121 cm³/mol. The molecule has 0 fully saturated rings. The molecule has 4 aromatic rings. The Morgan fingerprint density at radius 3 is 2.44 bits per heavy atom. The van der Waals surface area contributed by atoms with Crippen molar-refractivity contribution in [2.75, 3.05) is 24.7 Å². The van der Waals surface area contributed by atoms with Gasteiger partial charge in [0, 0.05) is 47.5 Å². The van der Waals surface area contributed by atoms with Gasteiger partial charge in [0.2, 0.25) is 5.95 Å². The molecule has 0 saturated heterocycles. The van der Waals surface area contributed by atoms with Gasteiger partial charge >= 0.3 is 0 Å². The molecule has 2 aromatic carbocycles. The number of aliphatic hydroxyl groups is 1. The van der Waals surface area contributed by atoms with Gasteiger partial charge in [0.25, 0.3) is 5.91 Å². The molecule has 0 radical (unpaired) electrons. The first-order valence-corrected chi connectivity index (χ1v) is 11.6. The topological polar surface area (TPSA) is 126 Å². The Kier molecular flexibility index (Phi) is 5.89. The molecule has 2 heterocycles. The van der Waals surface area contributed by atoms with Gasteiger partial charge < -0.3 is 20.3 Å². The maximum absolute atomic E-state index is 11.9. The van der Waals surface area contributed by atoms with Gasteiger partial charge in [0.05, 0.1) is 11.5 Å². The zero-order valence-electron chi connectivity index (χ0n) is 17.2. The fraction of sp³-hybridized carbons (Fsp3) is 0.136. The van der Waals surface area contributed by atoms with Crippen molar-refractivity contribution in [3.05, 3.63) is 72.6 Å². The Morgan fingerprint density at radius 2 is 1.78 bits per heavy atom. The first-order valence-electron chi connectivity index (χ1n) is 9.76. The second-order valence-corrected chi connectivity index (χ2v) is 9.12. The molecule has 0 aliphatic carbocycles. The quantitative estimate of drug-likeness (QED) is 0.393. The molecule has 0 spiro atoms. The molecule has 0 aliphatic heterocycles. The summed E-state index contributed by atoms with van der Waals surface area (Å²) in [6.45, 7) is 0.0814. The summed E-state index contributed by atoms with van der Waals surface area (Å²) >= 11 is 0. The fourth-order valence-electron chi connectivity index (χ4n) is 3.15. The van der Waals surface area contributed by atoms with Gasteiger partial charge in [0.1, 0.15) is 5.65 Å². The number of sulfone groups is 1. The number of carbonyl (C=O) groups is 1. The third-order valence-electron chi connectivity index (χ3n) is 4.77. The van der Waals surface area contributed by atoms with E-state index in [1.807, 2.05) is 16.8 Å². The van der Waals surface area contributed by atoms with E-state index in [2.05, 4.69) is 20.6 Å². The summed E-state index contributed by atoms with van der Waals surface area (Å²) in [5.74, 6) is 0.116. The minimum atomic E-state index is -3.27. The molecular formula is C22H21N5O4S. The molecule has 0 saturated carbocycles. The van der Waals surface area contributed by atoms with Gasteiger partial charge in [-0.3, -0.25) is 4.79 Å². The van der Waals surface area contributed by atoms with E-state index in [9.17, 15) is 13.2 Å². The molecule has 0 atom stereocenters. The van der Waals surface area contributed by atoms with Crippen LogP contribution in [0, 0.1) is 0 Å². The molecule has 4 rings (SSSR count). The van der Waals surface area contributed by atoms with Crippen molar-refractivity contribution in [3.8, 4) is 5.69 Å². The molecule has 0 unspecified atom stereocenters. The van der Waals surface area contributed by atoms with Crippen LogP contribution < -0.4 is 10.6 Å². The summed E-state index contributed by atoms with van der Waals surface area (Å²) in [6, 6.07) is 15.3. The van der Waals surface area contributed by atoms with Crippen molar-refractivity contribution in [2.45, 2.75) is 4.90 Å². The summed E-state index contributed by atoms with van der Waals surface area (Å²) in [7, 11) is -3.27. The van der Waals surface area contributed by atoms with E-state index in [1.54, 1.807) is 54.7 Å². The fourth-order valence-corrected chi connectivity index (χ4v) is 3.78. The Morgan fingerprint density at radius 1 is 1.06 bits per heavy atom. The highest BCUT2D eigenvalue weighted by Gasteiger charge is 2.11. The number of aliphatic hydroxyl groups excluding tert-OH is 1. The van der Waals surface area contributed by atoms with E-state index in [1.165, 1.54) is 6.26 Å². The second kappa shape index (κ2) is 8.77. The summed E-state index contributed by atoms with van der Waals surface area (Å²) in [5, 5.41) is 15.3. The highest BCUT2D eigenvalue weighted by molar-refractivity contribution is 7.90. The Hall–Kier alpha value is -3.76. The minimum absolute atomic E-state index is 0.116. The highest BCUT2D eigenvalue weighted by atomic mass is 32.2. The van der Waals surface area contributed by atoms with Gasteiger partial charge in [-0.15, -0.1) is 0 Å². The van der Waals surface area contributed by atoms with Crippen LogP contribution in [0.5, 0.6) is 0 Å². The van der Waals surface area contributed by atoms with Gasteiger partial charge in [-0.05, 0) is 54.6 Å². The lowest BCUT2D eigenvalue weighted by Gasteiger charge is -2.09. The first kappa shape index (κ1) is 21.5. The van der Waals surface area contributed by atoms with Crippen molar-refractivity contribution in [2.24, 2.45) is 0 Å². The van der Waals surface area contributed by atoms with Crippen LogP contribution in [-0.2, 0) is 9.84 Å². The summed E-state index contributed by atoms with van der Waals surface area (Å²) in [5.41, 5.74) is 2.62. The number of hydrogen-bond acceptors (Lipinski definition) is 7. The average Bonchev–Trinajstić information content (AvgIpc) is 3.21. The smallest absolute Gasteiger partial charge is 0.251 e. The zero-order valence-corrected chi connectivity index (χ0v) is 18.0. The van der Waals surface area contributed by atoms with Gasteiger partial charge in [-0.2, -0.15) is 4.98 Å². The molecule has 1 amide bonds. The van der Waals surface area contributed by atoms with Crippen LogP contribution >= 0.6 is 0 Å². The summed E-state index contributed by atoms with van der Waals surface area (Å²) in [4.78, 5) is 21.1. The number of fused-ring (bicyclic) bond motifs is 1.